The molecule has 0 aliphatic heterocycles. The maximum absolute atomic E-state index is 12.0. The van der Waals surface area contributed by atoms with E-state index in [0.717, 1.165) is 5.69 Å². The van der Waals surface area contributed by atoms with E-state index in [1.54, 1.807) is 36.4 Å². The number of hydrogen-bond donors (Lipinski definition) is 0. The van der Waals surface area contributed by atoms with E-state index in [0.29, 0.717) is 11.1 Å². The van der Waals surface area contributed by atoms with Crippen molar-refractivity contribution in [3.8, 4) is 5.75 Å². The van der Waals surface area contributed by atoms with Crippen LogP contribution >= 0.6 is 0 Å². The van der Waals surface area contributed by atoms with Gasteiger partial charge >= 0.3 is 0 Å². The highest BCUT2D eigenvalue weighted by Crippen LogP contribution is 2.16. The molecule has 0 bridgehead atoms. The van der Waals surface area contributed by atoms with Crippen LogP contribution in [-0.2, 0) is 0 Å². The summed E-state index contributed by atoms with van der Waals surface area (Å²) in [4.78, 5) is 14.0. The van der Waals surface area contributed by atoms with Gasteiger partial charge in [-0.25, -0.2) is 0 Å². The molecule has 0 saturated carbocycles. The first-order valence-corrected chi connectivity index (χ1v) is 6.34. The predicted octanol–water partition coefficient (Wildman–Crippen LogP) is 2.72. The summed E-state index contributed by atoms with van der Waals surface area (Å²) in [7, 11) is 3.89. The van der Waals surface area contributed by atoms with Crippen LogP contribution in [0.15, 0.2) is 54.6 Å². The second-order valence-electron chi connectivity index (χ2n) is 4.68. The summed E-state index contributed by atoms with van der Waals surface area (Å²) in [6.45, 7) is 0. The lowest BCUT2D eigenvalue weighted by atomic mass is 10.1. The molecular formula is C17H16NO2-. The van der Waals surface area contributed by atoms with E-state index in [1.807, 2.05) is 31.1 Å². The van der Waals surface area contributed by atoms with Crippen LogP contribution in [0.2, 0.25) is 0 Å². The van der Waals surface area contributed by atoms with E-state index >= 15 is 0 Å². The van der Waals surface area contributed by atoms with Gasteiger partial charge in [-0.2, -0.15) is 0 Å². The second kappa shape index (κ2) is 6.06. The van der Waals surface area contributed by atoms with Crippen molar-refractivity contribution >= 4 is 17.5 Å². The summed E-state index contributed by atoms with van der Waals surface area (Å²) in [5.74, 6) is -0.196. The molecule has 0 heterocycles. The summed E-state index contributed by atoms with van der Waals surface area (Å²) in [5.41, 5.74) is 2.16. The molecule has 20 heavy (non-hydrogen) atoms. The van der Waals surface area contributed by atoms with E-state index in [9.17, 15) is 9.90 Å². The number of hydrogen-bond acceptors (Lipinski definition) is 3. The van der Waals surface area contributed by atoms with Crippen molar-refractivity contribution in [3.05, 3.63) is 65.7 Å². The molecule has 0 aliphatic carbocycles. The molecule has 0 atom stereocenters. The van der Waals surface area contributed by atoms with Crippen LogP contribution in [0.3, 0.4) is 0 Å². The van der Waals surface area contributed by atoms with Crippen LogP contribution < -0.4 is 10.0 Å². The highest BCUT2D eigenvalue weighted by molar-refractivity contribution is 6.07. The van der Waals surface area contributed by atoms with Crippen LogP contribution in [0.25, 0.3) is 6.08 Å². The van der Waals surface area contributed by atoms with Crippen molar-refractivity contribution in [2.45, 2.75) is 0 Å². The maximum atomic E-state index is 12.0. The third-order valence-corrected chi connectivity index (χ3v) is 3.00. The first-order chi connectivity index (χ1) is 9.58. The number of benzene rings is 2. The van der Waals surface area contributed by atoms with Crippen LogP contribution in [0.1, 0.15) is 15.9 Å². The quantitative estimate of drug-likeness (QED) is 0.631. The number of carbonyl (C=O) groups excluding carboxylic acids is 1. The molecule has 2 aromatic carbocycles. The number of anilines is 1. The van der Waals surface area contributed by atoms with Gasteiger partial charge in [-0.3, -0.25) is 4.79 Å². The number of rotatable bonds is 4. The zero-order valence-corrected chi connectivity index (χ0v) is 11.5. The van der Waals surface area contributed by atoms with E-state index in [1.165, 1.54) is 12.1 Å². The summed E-state index contributed by atoms with van der Waals surface area (Å²) < 4.78 is 0. The average molecular weight is 266 g/mol. The van der Waals surface area contributed by atoms with Crippen LogP contribution in [0.5, 0.6) is 5.75 Å². The molecule has 0 fully saturated rings. The number of allylic oxidation sites excluding steroid dienone is 1. The number of para-hydroxylation sites is 1. The Morgan fingerprint density at radius 1 is 1.05 bits per heavy atom. The van der Waals surface area contributed by atoms with Crippen molar-refractivity contribution < 1.29 is 9.90 Å². The van der Waals surface area contributed by atoms with Gasteiger partial charge in [0.15, 0.2) is 5.78 Å². The third-order valence-electron chi connectivity index (χ3n) is 3.00. The summed E-state index contributed by atoms with van der Waals surface area (Å²) >= 11 is 0. The molecule has 2 rings (SSSR count). The highest BCUT2D eigenvalue weighted by atomic mass is 16.3. The van der Waals surface area contributed by atoms with Crippen molar-refractivity contribution in [3.63, 3.8) is 0 Å². The van der Waals surface area contributed by atoms with E-state index < -0.39 is 0 Å². The van der Waals surface area contributed by atoms with E-state index in [-0.39, 0.29) is 11.5 Å². The Labute approximate surface area is 118 Å². The molecule has 0 unspecified atom stereocenters. The lowest BCUT2D eigenvalue weighted by molar-refractivity contribution is -0.268. The SMILES string of the molecule is CN(C)c1ccc(C(=O)/C=C\c2ccccc2[O-])cc1. The van der Waals surface area contributed by atoms with Crippen LogP contribution in [-0.4, -0.2) is 19.9 Å². The smallest absolute Gasteiger partial charge is 0.185 e. The van der Waals surface area contributed by atoms with Crippen LogP contribution in [0, 0.1) is 0 Å². The third kappa shape index (κ3) is 3.26. The van der Waals surface area contributed by atoms with Gasteiger partial charge in [0.05, 0.1) is 0 Å². The molecule has 0 amide bonds. The maximum Gasteiger partial charge on any atom is 0.185 e. The molecule has 0 aliphatic rings. The Kier molecular flexibility index (Phi) is 4.20. The van der Waals surface area contributed by atoms with Crippen molar-refractivity contribution in [1.29, 1.82) is 0 Å². The number of nitrogens with zero attached hydrogens (tertiary/aromatic N) is 1. The highest BCUT2D eigenvalue weighted by Gasteiger charge is 2.02. The minimum absolute atomic E-state index is 0.0838. The van der Waals surface area contributed by atoms with Gasteiger partial charge in [0.25, 0.3) is 0 Å². The van der Waals surface area contributed by atoms with Gasteiger partial charge in [-0.1, -0.05) is 30.3 Å². The lowest BCUT2D eigenvalue weighted by Gasteiger charge is -2.12. The fraction of sp³-hybridized carbons (Fsp3) is 0.118. The van der Waals surface area contributed by atoms with Crippen molar-refractivity contribution in [1.82, 2.24) is 0 Å². The molecule has 102 valence electrons. The van der Waals surface area contributed by atoms with Crippen molar-refractivity contribution in [2.24, 2.45) is 0 Å². The Balaban J connectivity index is 2.14. The topological polar surface area (TPSA) is 43.4 Å². The molecule has 0 saturated heterocycles. The predicted molar refractivity (Wildman–Crippen MR) is 80.0 cm³/mol. The number of ketones is 1. The fourth-order valence-corrected chi connectivity index (χ4v) is 1.80. The van der Waals surface area contributed by atoms with Gasteiger partial charge in [0, 0.05) is 25.3 Å². The Hall–Kier alpha value is -2.55. The largest absolute Gasteiger partial charge is 0.872 e. The molecule has 0 radical (unpaired) electrons. The summed E-state index contributed by atoms with van der Waals surface area (Å²) in [6.07, 6.45) is 2.99. The monoisotopic (exact) mass is 266 g/mol. The van der Waals surface area contributed by atoms with Crippen molar-refractivity contribution in [2.75, 3.05) is 19.0 Å². The molecule has 0 spiro atoms. The van der Waals surface area contributed by atoms with Gasteiger partial charge in [-0.15, -0.1) is 5.75 Å². The van der Waals surface area contributed by atoms with Gasteiger partial charge < -0.3 is 10.0 Å². The van der Waals surface area contributed by atoms with Gasteiger partial charge in [0.2, 0.25) is 0 Å². The van der Waals surface area contributed by atoms with Gasteiger partial charge in [-0.05, 0) is 35.9 Å². The Morgan fingerprint density at radius 3 is 2.30 bits per heavy atom. The minimum Gasteiger partial charge on any atom is -0.872 e. The van der Waals surface area contributed by atoms with Crippen LogP contribution in [0.4, 0.5) is 5.69 Å². The summed E-state index contributed by atoms with van der Waals surface area (Å²) in [6, 6.07) is 14.0. The normalized spacial score (nSPS) is 10.7. The molecule has 3 heteroatoms. The zero-order chi connectivity index (χ0) is 14.5. The zero-order valence-electron chi connectivity index (χ0n) is 11.5. The first kappa shape index (κ1) is 13.9. The second-order valence-corrected chi connectivity index (χ2v) is 4.68. The van der Waals surface area contributed by atoms with Gasteiger partial charge in [0.1, 0.15) is 0 Å². The molecular weight excluding hydrogens is 250 g/mol. The molecule has 0 aromatic heterocycles. The summed E-state index contributed by atoms with van der Waals surface area (Å²) in [5, 5.41) is 11.5. The first-order valence-electron chi connectivity index (χ1n) is 6.34. The lowest BCUT2D eigenvalue weighted by Crippen LogP contribution is -2.08. The minimum atomic E-state index is -0.112. The Bertz CT molecular complexity index is 628. The molecule has 0 N–H and O–H groups in total. The average Bonchev–Trinajstić information content (AvgIpc) is 2.46. The van der Waals surface area contributed by atoms with E-state index in [2.05, 4.69) is 0 Å². The van der Waals surface area contributed by atoms with E-state index in [4.69, 9.17) is 0 Å². The standard InChI is InChI=1S/C17H17NO2/c1-18(2)15-10-7-14(8-11-15)17(20)12-9-13-5-3-4-6-16(13)19/h3-12,19H,1-2H3/p-1/b12-9-. The molecule has 3 nitrogen and oxygen atoms in total. The Morgan fingerprint density at radius 2 is 1.70 bits per heavy atom. The fourth-order valence-electron chi connectivity index (χ4n) is 1.80. The number of carbonyl (C=O) groups is 1. The molecule has 2 aromatic rings.